The maximum Gasteiger partial charge on any atom is 0.339 e. The zero-order valence-corrected chi connectivity index (χ0v) is 9.23. The van der Waals surface area contributed by atoms with Crippen LogP contribution in [0.2, 0.25) is 0 Å². The number of nitrogen functional groups attached to an aromatic ring is 1. The molecule has 0 aliphatic heterocycles. The topological polar surface area (TPSA) is 88.3 Å². The van der Waals surface area contributed by atoms with Gasteiger partial charge in [0, 0.05) is 5.56 Å². The minimum Gasteiger partial charge on any atom is -0.496 e. The largest absolute Gasteiger partial charge is 0.496 e. The molecule has 17 heavy (non-hydrogen) atoms. The first kappa shape index (κ1) is 11.1. The molecular formula is C12H12N2O3. The van der Waals surface area contributed by atoms with Gasteiger partial charge in [0.1, 0.15) is 17.1 Å². The number of methoxy groups -OCH3 is 1. The highest BCUT2D eigenvalue weighted by molar-refractivity contribution is 5.95. The lowest BCUT2D eigenvalue weighted by Gasteiger charge is -2.05. The maximum absolute atomic E-state index is 10.9. The predicted molar refractivity (Wildman–Crippen MR) is 64.2 cm³/mol. The van der Waals surface area contributed by atoms with E-state index in [1.807, 2.05) is 18.2 Å². The van der Waals surface area contributed by atoms with Gasteiger partial charge in [-0.1, -0.05) is 12.1 Å². The minimum atomic E-state index is -1.06. The smallest absolute Gasteiger partial charge is 0.339 e. The van der Waals surface area contributed by atoms with Crippen LogP contribution < -0.4 is 10.5 Å². The summed E-state index contributed by atoms with van der Waals surface area (Å²) < 4.78 is 5.20. The van der Waals surface area contributed by atoms with Gasteiger partial charge >= 0.3 is 5.97 Å². The van der Waals surface area contributed by atoms with Gasteiger partial charge in [-0.3, -0.25) is 0 Å². The first-order valence-corrected chi connectivity index (χ1v) is 4.98. The van der Waals surface area contributed by atoms with Crippen molar-refractivity contribution in [3.63, 3.8) is 0 Å². The van der Waals surface area contributed by atoms with Crippen LogP contribution in [0.5, 0.6) is 5.75 Å². The van der Waals surface area contributed by atoms with Gasteiger partial charge in [-0.05, 0) is 18.2 Å². The van der Waals surface area contributed by atoms with E-state index in [2.05, 4.69) is 4.98 Å². The number of benzene rings is 1. The Hall–Kier alpha value is -2.43. The minimum absolute atomic E-state index is 0.0610. The molecule has 5 nitrogen and oxygen atoms in total. The van der Waals surface area contributed by atoms with Crippen LogP contribution in [0.3, 0.4) is 0 Å². The molecule has 0 saturated heterocycles. The van der Waals surface area contributed by atoms with Crippen molar-refractivity contribution in [3.05, 3.63) is 35.9 Å². The standard InChI is InChI=1S/C12H12N2O3/c1-17-10-5-3-2-4-7(10)9-6-8(12(15)16)11(13)14-9/h2-6,14H,13H2,1H3,(H,15,16). The molecule has 0 radical (unpaired) electrons. The van der Waals surface area contributed by atoms with E-state index in [1.165, 1.54) is 6.07 Å². The zero-order valence-electron chi connectivity index (χ0n) is 9.23. The molecule has 1 aromatic heterocycles. The number of H-pyrrole nitrogens is 1. The van der Waals surface area contributed by atoms with Gasteiger partial charge < -0.3 is 20.6 Å². The summed E-state index contributed by atoms with van der Waals surface area (Å²) in [5.74, 6) is -0.260. The summed E-state index contributed by atoms with van der Waals surface area (Å²) >= 11 is 0. The van der Waals surface area contributed by atoms with E-state index in [1.54, 1.807) is 13.2 Å². The van der Waals surface area contributed by atoms with Gasteiger partial charge in [0.05, 0.1) is 12.8 Å². The third-order valence-electron chi connectivity index (χ3n) is 2.48. The maximum atomic E-state index is 10.9. The molecule has 1 heterocycles. The number of aromatic carboxylic acids is 1. The first-order valence-electron chi connectivity index (χ1n) is 4.98. The van der Waals surface area contributed by atoms with Crippen molar-refractivity contribution in [2.45, 2.75) is 0 Å². The van der Waals surface area contributed by atoms with Crippen LogP contribution in [-0.2, 0) is 0 Å². The van der Waals surface area contributed by atoms with E-state index in [-0.39, 0.29) is 11.4 Å². The summed E-state index contributed by atoms with van der Waals surface area (Å²) in [5.41, 5.74) is 7.05. The van der Waals surface area contributed by atoms with Crippen molar-refractivity contribution in [1.29, 1.82) is 0 Å². The highest BCUT2D eigenvalue weighted by atomic mass is 16.5. The van der Waals surface area contributed by atoms with Crippen molar-refractivity contribution in [2.24, 2.45) is 0 Å². The van der Waals surface area contributed by atoms with Crippen LogP contribution in [0, 0.1) is 0 Å². The fourth-order valence-electron chi connectivity index (χ4n) is 1.66. The molecule has 88 valence electrons. The molecule has 0 bridgehead atoms. The van der Waals surface area contributed by atoms with Crippen molar-refractivity contribution >= 4 is 11.8 Å². The van der Waals surface area contributed by atoms with Crippen molar-refractivity contribution in [1.82, 2.24) is 4.98 Å². The Kier molecular flexibility index (Phi) is 2.74. The number of rotatable bonds is 3. The van der Waals surface area contributed by atoms with Gasteiger partial charge in [-0.15, -0.1) is 0 Å². The fourth-order valence-corrected chi connectivity index (χ4v) is 1.66. The second-order valence-corrected chi connectivity index (χ2v) is 3.52. The number of ether oxygens (including phenoxy) is 1. The predicted octanol–water partition coefficient (Wildman–Crippen LogP) is 1.97. The number of nitrogens with two attached hydrogens (primary N) is 1. The average molecular weight is 232 g/mol. The van der Waals surface area contributed by atoms with Gasteiger partial charge in [-0.2, -0.15) is 0 Å². The lowest BCUT2D eigenvalue weighted by atomic mass is 10.1. The molecule has 0 unspecified atom stereocenters. The Morgan fingerprint density at radius 2 is 2.12 bits per heavy atom. The van der Waals surface area contributed by atoms with Crippen molar-refractivity contribution < 1.29 is 14.6 Å². The summed E-state index contributed by atoms with van der Waals surface area (Å²) in [6.45, 7) is 0. The molecule has 2 rings (SSSR count). The zero-order chi connectivity index (χ0) is 12.4. The molecular weight excluding hydrogens is 220 g/mol. The lowest BCUT2D eigenvalue weighted by molar-refractivity contribution is 0.0698. The van der Waals surface area contributed by atoms with Crippen LogP contribution in [0.15, 0.2) is 30.3 Å². The van der Waals surface area contributed by atoms with E-state index in [4.69, 9.17) is 15.6 Å². The van der Waals surface area contributed by atoms with Crippen LogP contribution in [0.4, 0.5) is 5.82 Å². The van der Waals surface area contributed by atoms with Crippen LogP contribution in [0.1, 0.15) is 10.4 Å². The molecule has 0 aliphatic carbocycles. The molecule has 0 spiro atoms. The average Bonchev–Trinajstić information content (AvgIpc) is 2.71. The number of hydrogen-bond donors (Lipinski definition) is 3. The Balaban J connectivity index is 2.53. The van der Waals surface area contributed by atoms with E-state index >= 15 is 0 Å². The number of anilines is 1. The number of hydrogen-bond acceptors (Lipinski definition) is 3. The van der Waals surface area contributed by atoms with Gasteiger partial charge in [0.15, 0.2) is 0 Å². The van der Waals surface area contributed by atoms with E-state index in [0.717, 1.165) is 5.56 Å². The van der Waals surface area contributed by atoms with Gasteiger partial charge in [0.25, 0.3) is 0 Å². The highest BCUT2D eigenvalue weighted by Gasteiger charge is 2.14. The van der Waals surface area contributed by atoms with Crippen LogP contribution in [-0.4, -0.2) is 23.2 Å². The SMILES string of the molecule is COc1ccccc1-c1cc(C(=O)O)c(N)[nH]1. The lowest BCUT2D eigenvalue weighted by Crippen LogP contribution is -1.98. The molecule has 5 heteroatoms. The molecule has 0 atom stereocenters. The number of aromatic nitrogens is 1. The number of carboxylic acids is 1. The summed E-state index contributed by atoms with van der Waals surface area (Å²) in [6, 6.07) is 8.81. The number of carboxylic acid groups (broad SMARTS) is 1. The van der Waals surface area contributed by atoms with E-state index in [0.29, 0.717) is 11.4 Å². The fraction of sp³-hybridized carbons (Fsp3) is 0.0833. The number of carbonyl (C=O) groups is 1. The van der Waals surface area contributed by atoms with Crippen molar-refractivity contribution in [2.75, 3.05) is 12.8 Å². The monoisotopic (exact) mass is 232 g/mol. The molecule has 0 fully saturated rings. The Labute approximate surface area is 97.8 Å². The normalized spacial score (nSPS) is 10.2. The molecule has 0 saturated carbocycles. The third kappa shape index (κ3) is 1.94. The highest BCUT2D eigenvalue weighted by Crippen LogP contribution is 2.30. The van der Waals surface area contributed by atoms with E-state index < -0.39 is 5.97 Å². The summed E-state index contributed by atoms with van der Waals surface area (Å²) in [6.07, 6.45) is 0. The molecule has 0 aliphatic rings. The number of aromatic amines is 1. The van der Waals surface area contributed by atoms with E-state index in [9.17, 15) is 4.79 Å². The summed E-state index contributed by atoms with van der Waals surface area (Å²) in [4.78, 5) is 13.7. The van der Waals surface area contributed by atoms with Crippen LogP contribution >= 0.6 is 0 Å². The van der Waals surface area contributed by atoms with Gasteiger partial charge in [-0.25, -0.2) is 4.79 Å². The summed E-state index contributed by atoms with van der Waals surface area (Å²) in [7, 11) is 1.56. The van der Waals surface area contributed by atoms with Crippen LogP contribution in [0.25, 0.3) is 11.3 Å². The second-order valence-electron chi connectivity index (χ2n) is 3.52. The Morgan fingerprint density at radius 3 is 2.71 bits per heavy atom. The molecule has 0 amide bonds. The Bertz CT molecular complexity index is 561. The first-order chi connectivity index (χ1) is 8.13. The van der Waals surface area contributed by atoms with Gasteiger partial charge in [0.2, 0.25) is 0 Å². The molecule has 4 N–H and O–H groups in total. The van der Waals surface area contributed by atoms with Crippen molar-refractivity contribution in [3.8, 4) is 17.0 Å². The molecule has 2 aromatic rings. The quantitative estimate of drug-likeness (QED) is 0.754. The molecule has 1 aromatic carbocycles. The summed E-state index contributed by atoms with van der Waals surface area (Å²) in [5, 5.41) is 8.92. The third-order valence-corrected chi connectivity index (χ3v) is 2.48. The second kappa shape index (κ2) is 4.21. The number of para-hydroxylation sites is 1. The Morgan fingerprint density at radius 1 is 1.41 bits per heavy atom. The number of nitrogens with one attached hydrogen (secondary N) is 1.